The van der Waals surface area contributed by atoms with Gasteiger partial charge in [0.05, 0.1) is 12.2 Å². The molecular formula is C10H10BrF2NO2. The van der Waals surface area contributed by atoms with Gasteiger partial charge in [-0.05, 0) is 41.4 Å². The molecular weight excluding hydrogens is 284 g/mol. The van der Waals surface area contributed by atoms with Gasteiger partial charge >= 0.3 is 5.97 Å². The summed E-state index contributed by atoms with van der Waals surface area (Å²) in [7, 11) is 0. The van der Waals surface area contributed by atoms with Crippen LogP contribution in [0.15, 0.2) is 10.7 Å². The van der Waals surface area contributed by atoms with Crippen molar-refractivity contribution < 1.29 is 18.3 Å². The molecule has 0 saturated heterocycles. The van der Waals surface area contributed by atoms with E-state index >= 15 is 0 Å². The normalized spacial score (nSPS) is 10.6. The Morgan fingerprint density at radius 3 is 2.69 bits per heavy atom. The Morgan fingerprint density at radius 1 is 1.62 bits per heavy atom. The second-order valence-electron chi connectivity index (χ2n) is 3.05. The van der Waals surface area contributed by atoms with Gasteiger partial charge in [0, 0.05) is 0 Å². The van der Waals surface area contributed by atoms with Crippen molar-refractivity contribution in [1.82, 2.24) is 4.98 Å². The summed E-state index contributed by atoms with van der Waals surface area (Å²) in [4.78, 5) is 15.1. The lowest BCUT2D eigenvalue weighted by Gasteiger charge is -2.09. The van der Waals surface area contributed by atoms with Gasteiger partial charge in [0.15, 0.2) is 0 Å². The van der Waals surface area contributed by atoms with Gasteiger partial charge in [-0.15, -0.1) is 0 Å². The first-order chi connectivity index (χ1) is 7.47. The van der Waals surface area contributed by atoms with E-state index in [-0.39, 0.29) is 22.5 Å². The molecule has 0 aliphatic carbocycles. The Labute approximate surface area is 99.9 Å². The summed E-state index contributed by atoms with van der Waals surface area (Å²) in [6.07, 6.45) is -2.63. The van der Waals surface area contributed by atoms with Gasteiger partial charge in [-0.25, -0.2) is 18.6 Å². The molecule has 3 nitrogen and oxygen atoms in total. The molecule has 1 aromatic heterocycles. The van der Waals surface area contributed by atoms with Crippen LogP contribution in [0.4, 0.5) is 8.78 Å². The average Bonchev–Trinajstić information content (AvgIpc) is 2.16. The summed E-state index contributed by atoms with van der Waals surface area (Å²) in [5, 5.41) is 0. The number of nitrogens with zero attached hydrogens (tertiary/aromatic N) is 1. The smallest absolute Gasteiger partial charge is 0.356 e. The summed E-state index contributed by atoms with van der Waals surface area (Å²) in [5.41, 5.74) is 0.128. The van der Waals surface area contributed by atoms with Crippen molar-refractivity contribution in [2.45, 2.75) is 20.3 Å². The SMILES string of the molecule is CCOC(=O)c1cc(C)c(C(F)F)c(Br)n1. The summed E-state index contributed by atoms with van der Waals surface area (Å²) in [6, 6.07) is 1.30. The maximum absolute atomic E-state index is 12.6. The van der Waals surface area contributed by atoms with Gasteiger partial charge in [0.25, 0.3) is 6.43 Å². The quantitative estimate of drug-likeness (QED) is 0.634. The fraction of sp³-hybridized carbons (Fsp3) is 0.400. The van der Waals surface area contributed by atoms with Crippen LogP contribution in [0.5, 0.6) is 0 Å². The zero-order valence-electron chi connectivity index (χ0n) is 8.76. The van der Waals surface area contributed by atoms with Crippen LogP contribution < -0.4 is 0 Å². The first-order valence-electron chi connectivity index (χ1n) is 4.59. The molecule has 16 heavy (non-hydrogen) atoms. The Bertz CT molecular complexity index is 387. The average molecular weight is 294 g/mol. The zero-order valence-corrected chi connectivity index (χ0v) is 10.3. The number of rotatable bonds is 3. The van der Waals surface area contributed by atoms with Crippen LogP contribution in [0.25, 0.3) is 0 Å². The lowest BCUT2D eigenvalue weighted by molar-refractivity contribution is 0.0518. The van der Waals surface area contributed by atoms with Crippen LogP contribution in [0, 0.1) is 6.92 Å². The predicted octanol–water partition coefficient (Wildman–Crippen LogP) is 3.27. The number of alkyl halides is 2. The highest BCUT2D eigenvalue weighted by Crippen LogP contribution is 2.29. The van der Waals surface area contributed by atoms with E-state index in [4.69, 9.17) is 4.74 Å². The number of hydrogen-bond donors (Lipinski definition) is 0. The van der Waals surface area contributed by atoms with E-state index in [2.05, 4.69) is 20.9 Å². The number of carbonyl (C=O) groups is 1. The minimum absolute atomic E-state index is 0.0226. The van der Waals surface area contributed by atoms with E-state index in [0.29, 0.717) is 5.56 Å². The third kappa shape index (κ3) is 2.75. The second-order valence-corrected chi connectivity index (χ2v) is 3.80. The van der Waals surface area contributed by atoms with Gasteiger partial charge in [0.1, 0.15) is 10.3 Å². The highest BCUT2D eigenvalue weighted by Gasteiger charge is 2.19. The van der Waals surface area contributed by atoms with E-state index in [1.165, 1.54) is 13.0 Å². The van der Waals surface area contributed by atoms with Crippen LogP contribution >= 0.6 is 15.9 Å². The second kappa shape index (κ2) is 5.34. The topological polar surface area (TPSA) is 39.2 Å². The third-order valence-electron chi connectivity index (χ3n) is 1.92. The molecule has 1 aromatic rings. The van der Waals surface area contributed by atoms with Gasteiger partial charge < -0.3 is 4.74 Å². The molecule has 0 amide bonds. The maximum Gasteiger partial charge on any atom is 0.356 e. The van der Waals surface area contributed by atoms with Crippen molar-refractivity contribution in [2.75, 3.05) is 6.61 Å². The molecule has 0 aliphatic heterocycles. The minimum atomic E-state index is -2.63. The molecule has 0 fully saturated rings. The molecule has 0 spiro atoms. The van der Waals surface area contributed by atoms with E-state index in [9.17, 15) is 13.6 Å². The number of pyridine rings is 1. The van der Waals surface area contributed by atoms with Gasteiger partial charge in [-0.1, -0.05) is 0 Å². The highest BCUT2D eigenvalue weighted by atomic mass is 79.9. The van der Waals surface area contributed by atoms with Crippen LogP contribution in [0.2, 0.25) is 0 Å². The summed E-state index contributed by atoms with van der Waals surface area (Å²) < 4.78 is 29.9. The number of aryl methyl sites for hydroxylation is 1. The van der Waals surface area contributed by atoms with Gasteiger partial charge in [0.2, 0.25) is 0 Å². The number of halogens is 3. The summed E-state index contributed by atoms with van der Waals surface area (Å²) >= 11 is 2.92. The largest absolute Gasteiger partial charge is 0.461 e. The van der Waals surface area contributed by atoms with E-state index in [1.54, 1.807) is 6.92 Å². The number of aromatic nitrogens is 1. The Morgan fingerprint density at radius 2 is 2.25 bits per heavy atom. The maximum atomic E-state index is 12.6. The van der Waals surface area contributed by atoms with Crippen LogP contribution in [0.3, 0.4) is 0 Å². The van der Waals surface area contributed by atoms with Crippen molar-refractivity contribution in [2.24, 2.45) is 0 Å². The minimum Gasteiger partial charge on any atom is -0.461 e. The number of carbonyl (C=O) groups excluding carboxylic acids is 1. The van der Waals surface area contributed by atoms with Crippen LogP contribution in [-0.2, 0) is 4.74 Å². The molecule has 1 rings (SSSR count). The molecule has 6 heteroatoms. The fourth-order valence-corrected chi connectivity index (χ4v) is 1.89. The Kier molecular flexibility index (Phi) is 4.35. The van der Waals surface area contributed by atoms with Crippen molar-refractivity contribution >= 4 is 21.9 Å². The summed E-state index contributed by atoms with van der Waals surface area (Å²) in [6.45, 7) is 3.37. The number of esters is 1. The number of ether oxygens (including phenoxy) is 1. The molecule has 0 N–H and O–H groups in total. The van der Waals surface area contributed by atoms with Gasteiger partial charge in [-0.3, -0.25) is 0 Å². The molecule has 0 aliphatic rings. The van der Waals surface area contributed by atoms with E-state index in [1.807, 2.05) is 0 Å². The monoisotopic (exact) mass is 293 g/mol. The molecule has 1 heterocycles. The van der Waals surface area contributed by atoms with Crippen molar-refractivity contribution in [1.29, 1.82) is 0 Å². The first kappa shape index (κ1) is 13.0. The van der Waals surface area contributed by atoms with Crippen molar-refractivity contribution in [3.63, 3.8) is 0 Å². The summed E-state index contributed by atoms with van der Waals surface area (Å²) in [5.74, 6) is -0.618. The zero-order chi connectivity index (χ0) is 12.3. The predicted molar refractivity (Wildman–Crippen MR) is 57.6 cm³/mol. The molecule has 0 unspecified atom stereocenters. The van der Waals surface area contributed by atoms with E-state index < -0.39 is 12.4 Å². The molecule has 0 aromatic carbocycles. The molecule has 0 saturated carbocycles. The van der Waals surface area contributed by atoms with Crippen molar-refractivity contribution in [3.8, 4) is 0 Å². The molecule has 88 valence electrons. The number of hydrogen-bond acceptors (Lipinski definition) is 3. The molecule has 0 radical (unpaired) electrons. The lowest BCUT2D eigenvalue weighted by atomic mass is 10.1. The fourth-order valence-electron chi connectivity index (χ4n) is 1.22. The van der Waals surface area contributed by atoms with Gasteiger partial charge in [-0.2, -0.15) is 0 Å². The molecule has 0 bridgehead atoms. The van der Waals surface area contributed by atoms with Crippen LogP contribution in [0.1, 0.15) is 35.0 Å². The van der Waals surface area contributed by atoms with Crippen molar-refractivity contribution in [3.05, 3.63) is 27.5 Å². The third-order valence-corrected chi connectivity index (χ3v) is 2.53. The van der Waals surface area contributed by atoms with Crippen LogP contribution in [-0.4, -0.2) is 17.6 Å². The Balaban J connectivity index is 3.14. The first-order valence-corrected chi connectivity index (χ1v) is 5.39. The highest BCUT2D eigenvalue weighted by molar-refractivity contribution is 9.10. The molecule has 0 atom stereocenters. The lowest BCUT2D eigenvalue weighted by Crippen LogP contribution is -2.09. The standard InChI is InChI=1S/C10H10BrF2NO2/c1-3-16-10(15)6-4-5(2)7(9(12)13)8(11)14-6/h4,9H,3H2,1-2H3. The van der Waals surface area contributed by atoms with E-state index in [0.717, 1.165) is 0 Å². The Hall–Kier alpha value is -1.04.